The Morgan fingerprint density at radius 3 is 2.31 bits per heavy atom. The number of fused-ring (bicyclic) bond motifs is 1. The van der Waals surface area contributed by atoms with Gasteiger partial charge in [0.2, 0.25) is 0 Å². The SMILES string of the molecule is Cc1nc2cc(-c3nccn3-c3c(C(C)C)cccc3C(C)C)[c-]cc2o1.N#Cc1cc[c-]c(-c2ccccn2)c1.[Ir]. The maximum absolute atomic E-state index is 8.72. The van der Waals surface area contributed by atoms with E-state index in [9.17, 15) is 0 Å². The van der Waals surface area contributed by atoms with Crippen LogP contribution in [-0.2, 0) is 20.1 Å². The fraction of sp³-hybridized carbons (Fsp3) is 0.200. The van der Waals surface area contributed by atoms with E-state index in [0.717, 1.165) is 33.7 Å². The van der Waals surface area contributed by atoms with Crippen LogP contribution in [0.4, 0.5) is 0 Å². The summed E-state index contributed by atoms with van der Waals surface area (Å²) in [6.45, 7) is 10.8. The van der Waals surface area contributed by atoms with Gasteiger partial charge < -0.3 is 14.0 Å². The molecule has 0 aliphatic heterocycles. The third-order valence-electron chi connectivity index (χ3n) is 6.76. The number of oxazole rings is 1. The molecule has 0 bridgehead atoms. The van der Waals surface area contributed by atoms with Crippen LogP contribution < -0.4 is 0 Å². The standard InChI is InChI=1S/C23H24N3O.C12H7N2.Ir/c1-14(2)18-7-6-8-19(15(3)4)22(18)26-12-11-24-23(26)17-9-10-21-20(13-17)25-16(5)27-21;13-9-10-4-3-5-11(8-10)12-6-1-2-7-14-12;/h6-8,10-15H,1-5H3;1-4,6-8H;/q2*-1;. The molecule has 6 nitrogen and oxygen atoms in total. The van der Waals surface area contributed by atoms with Gasteiger partial charge in [0.1, 0.15) is 0 Å². The fourth-order valence-electron chi connectivity index (χ4n) is 4.80. The summed E-state index contributed by atoms with van der Waals surface area (Å²) in [6, 6.07) is 29.8. The summed E-state index contributed by atoms with van der Waals surface area (Å²) in [7, 11) is 0. The minimum Gasteiger partial charge on any atom is -0.488 e. The Bertz CT molecular complexity index is 1800. The minimum atomic E-state index is 0. The van der Waals surface area contributed by atoms with Crippen molar-refractivity contribution in [3.8, 4) is 34.4 Å². The Morgan fingerprint density at radius 1 is 0.881 bits per heavy atom. The van der Waals surface area contributed by atoms with Crippen molar-refractivity contribution in [2.24, 2.45) is 0 Å². The number of rotatable bonds is 5. The van der Waals surface area contributed by atoms with E-state index in [2.05, 4.69) is 83.6 Å². The number of aryl methyl sites for hydroxylation is 1. The second-order valence-electron chi connectivity index (χ2n) is 10.4. The molecule has 0 aliphatic rings. The Labute approximate surface area is 260 Å². The van der Waals surface area contributed by atoms with E-state index in [-0.39, 0.29) is 20.1 Å². The summed E-state index contributed by atoms with van der Waals surface area (Å²) in [6.07, 6.45) is 5.61. The summed E-state index contributed by atoms with van der Waals surface area (Å²) in [4.78, 5) is 13.3. The van der Waals surface area contributed by atoms with Crippen LogP contribution in [0, 0.1) is 30.4 Å². The molecule has 0 saturated heterocycles. The van der Waals surface area contributed by atoms with Crippen molar-refractivity contribution in [3.05, 3.63) is 120 Å². The Kier molecular flexibility index (Phi) is 9.85. The molecule has 0 unspecified atom stereocenters. The van der Waals surface area contributed by atoms with Gasteiger partial charge in [-0.15, -0.1) is 53.6 Å². The van der Waals surface area contributed by atoms with Gasteiger partial charge in [0.25, 0.3) is 0 Å². The molecule has 42 heavy (non-hydrogen) atoms. The maximum Gasteiger partial charge on any atom is 0.180 e. The van der Waals surface area contributed by atoms with Crippen molar-refractivity contribution in [2.75, 3.05) is 0 Å². The zero-order valence-corrected chi connectivity index (χ0v) is 26.6. The van der Waals surface area contributed by atoms with Gasteiger partial charge in [-0.25, -0.2) is 4.98 Å². The number of aromatic nitrogens is 4. The van der Waals surface area contributed by atoms with E-state index in [1.165, 1.54) is 16.8 Å². The molecule has 3 aromatic carbocycles. The molecule has 0 atom stereocenters. The summed E-state index contributed by atoms with van der Waals surface area (Å²) < 4.78 is 7.78. The first-order chi connectivity index (χ1) is 19.9. The van der Waals surface area contributed by atoms with Crippen LogP contribution in [0.3, 0.4) is 0 Å². The molecule has 0 aliphatic carbocycles. The van der Waals surface area contributed by atoms with Gasteiger partial charge in [0, 0.05) is 56.8 Å². The van der Waals surface area contributed by atoms with Gasteiger partial charge in [-0.05, 0) is 40.3 Å². The Morgan fingerprint density at radius 2 is 1.64 bits per heavy atom. The number of imidazole rings is 1. The fourth-order valence-corrected chi connectivity index (χ4v) is 4.80. The molecule has 6 aromatic rings. The van der Waals surface area contributed by atoms with Gasteiger partial charge in [0.05, 0.1) is 17.5 Å². The summed E-state index contributed by atoms with van der Waals surface area (Å²) in [5.74, 6) is 2.36. The Hall–Kier alpha value is -4.37. The number of nitrogens with zero attached hydrogens (tertiary/aromatic N) is 5. The smallest absolute Gasteiger partial charge is 0.180 e. The predicted molar refractivity (Wildman–Crippen MR) is 162 cm³/mol. The number of para-hydroxylation sites is 1. The monoisotopic (exact) mass is 730 g/mol. The maximum atomic E-state index is 8.72. The first kappa shape index (κ1) is 30.6. The average Bonchev–Trinajstić information content (AvgIpc) is 3.63. The molecule has 213 valence electrons. The van der Waals surface area contributed by atoms with Crippen LogP contribution in [-0.4, -0.2) is 19.5 Å². The molecule has 0 spiro atoms. The molecule has 0 N–H and O–H groups in total. The number of hydrogen-bond acceptors (Lipinski definition) is 5. The zero-order valence-electron chi connectivity index (χ0n) is 24.2. The van der Waals surface area contributed by atoms with E-state index in [4.69, 9.17) is 9.68 Å². The van der Waals surface area contributed by atoms with Crippen molar-refractivity contribution >= 4 is 11.1 Å². The first-order valence-corrected chi connectivity index (χ1v) is 13.6. The van der Waals surface area contributed by atoms with E-state index in [1.54, 1.807) is 24.4 Å². The second kappa shape index (κ2) is 13.5. The van der Waals surface area contributed by atoms with Crippen LogP contribution in [0.2, 0.25) is 0 Å². The van der Waals surface area contributed by atoms with Crippen LogP contribution in [0.1, 0.15) is 62.1 Å². The van der Waals surface area contributed by atoms with Crippen molar-refractivity contribution in [2.45, 2.75) is 46.5 Å². The van der Waals surface area contributed by atoms with E-state index in [1.807, 2.05) is 49.6 Å². The van der Waals surface area contributed by atoms with Gasteiger partial charge >= 0.3 is 0 Å². The molecular formula is C35H31IrN5O-2. The largest absolute Gasteiger partial charge is 0.488 e. The molecular weight excluding hydrogens is 699 g/mol. The van der Waals surface area contributed by atoms with E-state index < -0.39 is 0 Å². The van der Waals surface area contributed by atoms with E-state index in [0.29, 0.717) is 23.3 Å². The van der Waals surface area contributed by atoms with Crippen LogP contribution in [0.15, 0.2) is 89.7 Å². The van der Waals surface area contributed by atoms with E-state index >= 15 is 0 Å². The molecule has 3 heterocycles. The van der Waals surface area contributed by atoms with Gasteiger partial charge in [-0.1, -0.05) is 58.0 Å². The number of benzene rings is 3. The van der Waals surface area contributed by atoms with Crippen molar-refractivity contribution in [1.29, 1.82) is 5.26 Å². The van der Waals surface area contributed by atoms with Crippen molar-refractivity contribution in [3.63, 3.8) is 0 Å². The van der Waals surface area contributed by atoms with Crippen LogP contribution in [0.25, 0.3) is 39.4 Å². The van der Waals surface area contributed by atoms with Crippen LogP contribution >= 0.6 is 0 Å². The van der Waals surface area contributed by atoms with Gasteiger partial charge in [-0.3, -0.25) is 4.98 Å². The third kappa shape index (κ3) is 6.57. The Balaban J connectivity index is 0.000000228. The summed E-state index contributed by atoms with van der Waals surface area (Å²) >= 11 is 0. The molecule has 3 aromatic heterocycles. The van der Waals surface area contributed by atoms with Crippen LogP contribution in [0.5, 0.6) is 0 Å². The van der Waals surface area contributed by atoms with Gasteiger partial charge in [-0.2, -0.15) is 5.26 Å². The van der Waals surface area contributed by atoms with Crippen molar-refractivity contribution < 1.29 is 24.5 Å². The number of nitriles is 1. The third-order valence-corrected chi connectivity index (χ3v) is 6.76. The van der Waals surface area contributed by atoms with Gasteiger partial charge in [0.15, 0.2) is 5.89 Å². The first-order valence-electron chi connectivity index (χ1n) is 13.6. The quantitative estimate of drug-likeness (QED) is 0.167. The normalized spacial score (nSPS) is 10.7. The van der Waals surface area contributed by atoms with Crippen molar-refractivity contribution in [1.82, 2.24) is 19.5 Å². The minimum absolute atomic E-state index is 0. The number of pyridine rings is 1. The zero-order chi connectivity index (χ0) is 28.9. The molecule has 6 rings (SSSR count). The predicted octanol–water partition coefficient (Wildman–Crippen LogP) is 8.45. The summed E-state index contributed by atoms with van der Waals surface area (Å²) in [5.41, 5.74) is 8.67. The molecule has 0 saturated carbocycles. The molecule has 0 amide bonds. The topological polar surface area (TPSA) is 80.5 Å². The average molecular weight is 730 g/mol. The number of hydrogen-bond donors (Lipinski definition) is 0. The molecule has 1 radical (unpaired) electrons. The molecule has 7 heteroatoms. The second-order valence-corrected chi connectivity index (χ2v) is 10.4. The summed E-state index contributed by atoms with van der Waals surface area (Å²) in [5, 5.41) is 8.72. The molecule has 0 fully saturated rings.